The SMILES string of the molecule is OCC1OC(OCC2NCC(O)C2O)C(O)C(O)C1O. The van der Waals surface area contributed by atoms with Crippen molar-refractivity contribution in [1.82, 2.24) is 5.32 Å². The minimum atomic E-state index is -1.50. The van der Waals surface area contributed by atoms with Gasteiger partial charge in [0, 0.05) is 6.54 Å². The van der Waals surface area contributed by atoms with Crippen LogP contribution in [0.1, 0.15) is 0 Å². The Morgan fingerprint density at radius 3 is 2.25 bits per heavy atom. The van der Waals surface area contributed by atoms with Gasteiger partial charge in [-0.3, -0.25) is 0 Å². The normalized spacial score (nSPS) is 49.5. The molecule has 2 aliphatic rings. The Hall–Kier alpha value is -0.360. The molecule has 0 aromatic carbocycles. The van der Waals surface area contributed by atoms with Gasteiger partial charge >= 0.3 is 0 Å². The predicted octanol–water partition coefficient (Wildman–Crippen LogP) is -4.50. The Morgan fingerprint density at radius 1 is 1.00 bits per heavy atom. The number of hydrogen-bond acceptors (Lipinski definition) is 9. The monoisotopic (exact) mass is 295 g/mol. The Morgan fingerprint density at radius 2 is 1.70 bits per heavy atom. The first kappa shape index (κ1) is 16.0. The van der Waals surface area contributed by atoms with Crippen molar-refractivity contribution in [3.63, 3.8) is 0 Å². The van der Waals surface area contributed by atoms with E-state index in [4.69, 9.17) is 14.6 Å². The second kappa shape index (κ2) is 6.60. The van der Waals surface area contributed by atoms with Crippen LogP contribution < -0.4 is 5.32 Å². The third-order valence-electron chi connectivity index (χ3n) is 3.68. The van der Waals surface area contributed by atoms with Crippen molar-refractivity contribution in [3.8, 4) is 0 Å². The van der Waals surface area contributed by atoms with Gasteiger partial charge in [0.1, 0.15) is 24.4 Å². The van der Waals surface area contributed by atoms with Crippen molar-refractivity contribution in [2.75, 3.05) is 19.8 Å². The van der Waals surface area contributed by atoms with Crippen molar-refractivity contribution in [3.05, 3.63) is 0 Å². The summed E-state index contributed by atoms with van der Waals surface area (Å²) in [6.07, 6.45) is -8.58. The van der Waals surface area contributed by atoms with Gasteiger partial charge in [-0.15, -0.1) is 0 Å². The highest BCUT2D eigenvalue weighted by Crippen LogP contribution is 2.22. The quantitative estimate of drug-likeness (QED) is 0.272. The van der Waals surface area contributed by atoms with E-state index in [2.05, 4.69) is 5.32 Å². The van der Waals surface area contributed by atoms with Crippen LogP contribution >= 0.6 is 0 Å². The van der Waals surface area contributed by atoms with Gasteiger partial charge in [-0.1, -0.05) is 0 Å². The van der Waals surface area contributed by atoms with Crippen molar-refractivity contribution in [2.24, 2.45) is 0 Å². The number of rotatable bonds is 4. The van der Waals surface area contributed by atoms with E-state index in [0.29, 0.717) is 0 Å². The van der Waals surface area contributed by atoms with Crippen molar-refractivity contribution in [1.29, 1.82) is 0 Å². The highest BCUT2D eigenvalue weighted by atomic mass is 16.7. The van der Waals surface area contributed by atoms with E-state index in [9.17, 15) is 25.5 Å². The minimum Gasteiger partial charge on any atom is -0.394 e. The zero-order valence-electron chi connectivity index (χ0n) is 10.7. The third-order valence-corrected chi connectivity index (χ3v) is 3.68. The van der Waals surface area contributed by atoms with E-state index in [1.807, 2.05) is 0 Å². The molecule has 0 aliphatic carbocycles. The molecule has 9 heteroatoms. The molecule has 0 aromatic heterocycles. The van der Waals surface area contributed by atoms with E-state index < -0.39 is 55.6 Å². The van der Waals surface area contributed by atoms with Gasteiger partial charge < -0.3 is 45.4 Å². The maximum Gasteiger partial charge on any atom is 0.186 e. The fourth-order valence-corrected chi connectivity index (χ4v) is 2.34. The van der Waals surface area contributed by atoms with Crippen molar-refractivity contribution in [2.45, 2.75) is 49.0 Å². The molecule has 2 rings (SSSR count). The Balaban J connectivity index is 1.88. The molecule has 0 radical (unpaired) electrons. The third kappa shape index (κ3) is 3.11. The van der Waals surface area contributed by atoms with Gasteiger partial charge in [0.05, 0.1) is 31.5 Å². The average Bonchev–Trinajstić information content (AvgIpc) is 2.76. The summed E-state index contributed by atoms with van der Waals surface area (Å²) in [5.41, 5.74) is 0. The second-order valence-electron chi connectivity index (χ2n) is 5.10. The van der Waals surface area contributed by atoms with Gasteiger partial charge in [0.15, 0.2) is 6.29 Å². The summed E-state index contributed by atoms with van der Waals surface area (Å²) in [6, 6.07) is -0.530. The summed E-state index contributed by atoms with van der Waals surface area (Å²) < 4.78 is 10.4. The molecule has 9 nitrogen and oxygen atoms in total. The van der Waals surface area contributed by atoms with E-state index in [1.165, 1.54) is 0 Å². The zero-order chi connectivity index (χ0) is 14.9. The fraction of sp³-hybridized carbons (Fsp3) is 1.00. The molecule has 8 unspecified atom stereocenters. The first-order chi connectivity index (χ1) is 9.45. The molecule has 2 aliphatic heterocycles. The molecule has 2 fully saturated rings. The zero-order valence-corrected chi connectivity index (χ0v) is 10.7. The molecule has 118 valence electrons. The number of ether oxygens (including phenoxy) is 2. The molecule has 7 N–H and O–H groups in total. The molecule has 2 saturated heterocycles. The lowest BCUT2D eigenvalue weighted by Crippen LogP contribution is -2.59. The highest BCUT2D eigenvalue weighted by molar-refractivity contribution is 4.92. The van der Waals surface area contributed by atoms with E-state index in [0.717, 1.165) is 0 Å². The molecular formula is C11H21NO8. The number of nitrogens with one attached hydrogen (secondary N) is 1. The predicted molar refractivity (Wildman–Crippen MR) is 63.5 cm³/mol. The molecule has 0 spiro atoms. The van der Waals surface area contributed by atoms with E-state index in [-0.39, 0.29) is 13.2 Å². The average molecular weight is 295 g/mol. The van der Waals surface area contributed by atoms with Crippen LogP contribution in [0.2, 0.25) is 0 Å². The van der Waals surface area contributed by atoms with E-state index in [1.54, 1.807) is 0 Å². The number of β-amino-alcohol motifs (C(OH)–C–C–N with tert-alkyl or cyclic N) is 1. The Bertz CT molecular complexity index is 317. The smallest absolute Gasteiger partial charge is 0.186 e. The second-order valence-corrected chi connectivity index (χ2v) is 5.10. The minimum absolute atomic E-state index is 0.0685. The summed E-state index contributed by atoms with van der Waals surface area (Å²) in [7, 11) is 0. The largest absolute Gasteiger partial charge is 0.394 e. The van der Waals surface area contributed by atoms with Crippen LogP contribution in [0.4, 0.5) is 0 Å². The summed E-state index contributed by atoms with van der Waals surface area (Å²) in [5.74, 6) is 0. The lowest BCUT2D eigenvalue weighted by atomic mass is 9.99. The van der Waals surface area contributed by atoms with Gasteiger partial charge in [-0.2, -0.15) is 0 Å². The summed E-state index contributed by atoms with van der Waals surface area (Å²) in [4.78, 5) is 0. The maximum absolute atomic E-state index is 9.74. The van der Waals surface area contributed by atoms with Crippen LogP contribution in [0, 0.1) is 0 Å². The van der Waals surface area contributed by atoms with Crippen LogP contribution in [0.3, 0.4) is 0 Å². The van der Waals surface area contributed by atoms with Crippen LogP contribution in [-0.2, 0) is 9.47 Å². The molecule has 8 atom stereocenters. The molecule has 0 saturated carbocycles. The lowest BCUT2D eigenvalue weighted by Gasteiger charge is -2.40. The van der Waals surface area contributed by atoms with Gasteiger partial charge in [0.2, 0.25) is 0 Å². The number of aliphatic hydroxyl groups excluding tert-OH is 6. The topological polar surface area (TPSA) is 152 Å². The summed E-state index contributed by atoms with van der Waals surface area (Å²) in [6.45, 7) is -0.376. The van der Waals surface area contributed by atoms with Crippen LogP contribution in [0.25, 0.3) is 0 Å². The number of hydrogen-bond donors (Lipinski definition) is 7. The molecule has 2 heterocycles. The maximum atomic E-state index is 9.74. The van der Waals surface area contributed by atoms with Gasteiger partial charge in [0.25, 0.3) is 0 Å². The first-order valence-electron chi connectivity index (χ1n) is 6.47. The molecule has 0 aromatic rings. The van der Waals surface area contributed by atoms with E-state index >= 15 is 0 Å². The first-order valence-corrected chi connectivity index (χ1v) is 6.47. The molecule has 0 bridgehead atoms. The van der Waals surface area contributed by atoms with Gasteiger partial charge in [-0.05, 0) is 0 Å². The molecular weight excluding hydrogens is 274 g/mol. The van der Waals surface area contributed by atoms with Crippen molar-refractivity contribution < 1.29 is 40.1 Å². The molecule has 0 amide bonds. The van der Waals surface area contributed by atoms with Crippen molar-refractivity contribution >= 4 is 0 Å². The summed E-state index contributed by atoms with van der Waals surface area (Å²) >= 11 is 0. The van der Waals surface area contributed by atoms with Gasteiger partial charge in [-0.25, -0.2) is 0 Å². The molecule has 20 heavy (non-hydrogen) atoms. The van der Waals surface area contributed by atoms with Crippen LogP contribution in [0.15, 0.2) is 0 Å². The highest BCUT2D eigenvalue weighted by Gasteiger charge is 2.44. The standard InChI is InChI=1S/C11H21NO8/c13-2-6-8(16)9(17)10(18)11(20-6)19-3-4-7(15)5(14)1-12-4/h4-18H,1-3H2. The lowest BCUT2D eigenvalue weighted by molar-refractivity contribution is -0.302. The summed E-state index contributed by atoms with van der Waals surface area (Å²) in [5, 5.41) is 59.7. The van der Waals surface area contributed by atoms with Crippen LogP contribution in [-0.4, -0.2) is 99.4 Å². The van der Waals surface area contributed by atoms with Crippen LogP contribution in [0.5, 0.6) is 0 Å². The fourth-order valence-electron chi connectivity index (χ4n) is 2.34. The Labute approximate surface area is 115 Å². The number of aliphatic hydroxyl groups is 6. The Kier molecular flexibility index (Phi) is 5.29.